The number of aromatic nitrogens is 3. The van der Waals surface area contributed by atoms with Crippen LogP contribution in [0.4, 0.5) is 0 Å². The predicted molar refractivity (Wildman–Crippen MR) is 87.7 cm³/mol. The number of methoxy groups -OCH3 is 2. The van der Waals surface area contributed by atoms with Crippen LogP contribution in [0.1, 0.15) is 10.4 Å². The normalized spacial score (nSPS) is 10.6. The fraction of sp³-hybridized carbons (Fsp3) is 0.176. The summed E-state index contributed by atoms with van der Waals surface area (Å²) in [5.41, 5.74) is 0.610. The fourth-order valence-electron chi connectivity index (χ4n) is 2.45. The zero-order valence-electron chi connectivity index (χ0n) is 13.2. The molecule has 0 aliphatic carbocycles. The average Bonchev–Trinajstić information content (AvgIpc) is 2.63. The molecule has 0 radical (unpaired) electrons. The number of carbonyl (C=O) groups is 1. The van der Waals surface area contributed by atoms with Crippen LogP contribution in [0.15, 0.2) is 47.7 Å². The standard InChI is InChI=1S/C17H15N3O4/c1-23-11-5-6-14-13(8-11)16(22)19-10-20(14)9-15(21)12-4-3-7-18-17(12)24-2/h3-8,10H,9H2,1-2H3. The molecule has 0 aliphatic rings. The minimum absolute atomic E-state index is 0.0121. The SMILES string of the molecule is COc1ccc2c(c1)c(=O)ncn2CC(=O)c1cccnc1OC. The van der Waals surface area contributed by atoms with Crippen LogP contribution in [0.2, 0.25) is 0 Å². The first-order valence-corrected chi connectivity index (χ1v) is 7.19. The highest BCUT2D eigenvalue weighted by Crippen LogP contribution is 2.19. The van der Waals surface area contributed by atoms with Crippen molar-refractivity contribution in [1.82, 2.24) is 14.5 Å². The third kappa shape index (κ3) is 2.83. The summed E-state index contributed by atoms with van der Waals surface area (Å²) in [6.07, 6.45) is 2.91. The van der Waals surface area contributed by atoms with Gasteiger partial charge < -0.3 is 14.0 Å². The monoisotopic (exact) mass is 325 g/mol. The first-order chi connectivity index (χ1) is 11.6. The van der Waals surface area contributed by atoms with Crippen molar-refractivity contribution in [3.8, 4) is 11.6 Å². The van der Waals surface area contributed by atoms with Gasteiger partial charge in [0.25, 0.3) is 5.56 Å². The maximum atomic E-state index is 12.6. The van der Waals surface area contributed by atoms with Crippen LogP contribution in [-0.2, 0) is 6.54 Å². The summed E-state index contributed by atoms with van der Waals surface area (Å²) in [4.78, 5) is 32.4. The second kappa shape index (κ2) is 6.49. The molecule has 0 saturated heterocycles. The lowest BCUT2D eigenvalue weighted by atomic mass is 10.1. The summed E-state index contributed by atoms with van der Waals surface area (Å²) in [7, 11) is 2.98. The summed E-state index contributed by atoms with van der Waals surface area (Å²) in [6.45, 7) is 0.0121. The molecular formula is C17H15N3O4. The Labute approximate surface area is 137 Å². The molecule has 2 heterocycles. The molecule has 0 amide bonds. The summed E-state index contributed by atoms with van der Waals surface area (Å²) in [6, 6.07) is 8.38. The summed E-state index contributed by atoms with van der Waals surface area (Å²) >= 11 is 0. The van der Waals surface area contributed by atoms with E-state index in [0.717, 1.165) is 0 Å². The molecule has 3 aromatic rings. The van der Waals surface area contributed by atoms with E-state index >= 15 is 0 Å². The molecule has 24 heavy (non-hydrogen) atoms. The zero-order valence-corrected chi connectivity index (χ0v) is 13.2. The molecule has 0 aliphatic heterocycles. The smallest absolute Gasteiger partial charge is 0.280 e. The lowest BCUT2D eigenvalue weighted by Gasteiger charge is -2.11. The van der Waals surface area contributed by atoms with Gasteiger partial charge in [-0.25, -0.2) is 4.98 Å². The number of rotatable bonds is 5. The minimum Gasteiger partial charge on any atom is -0.497 e. The first kappa shape index (κ1) is 15.7. The van der Waals surface area contributed by atoms with Gasteiger partial charge in [-0.3, -0.25) is 9.59 Å². The van der Waals surface area contributed by atoms with E-state index in [2.05, 4.69) is 9.97 Å². The average molecular weight is 325 g/mol. The molecule has 0 unspecified atom stereocenters. The number of hydrogen-bond acceptors (Lipinski definition) is 6. The fourth-order valence-corrected chi connectivity index (χ4v) is 2.45. The van der Waals surface area contributed by atoms with E-state index in [1.807, 2.05) is 0 Å². The molecule has 7 heteroatoms. The van der Waals surface area contributed by atoms with Crippen LogP contribution in [0.5, 0.6) is 11.6 Å². The molecule has 122 valence electrons. The van der Waals surface area contributed by atoms with Crippen molar-refractivity contribution < 1.29 is 14.3 Å². The predicted octanol–water partition coefficient (Wildman–Crippen LogP) is 1.69. The quantitative estimate of drug-likeness (QED) is 0.664. The van der Waals surface area contributed by atoms with Crippen molar-refractivity contribution >= 4 is 16.7 Å². The first-order valence-electron chi connectivity index (χ1n) is 7.19. The molecule has 3 rings (SSSR count). The molecule has 2 aromatic heterocycles. The maximum Gasteiger partial charge on any atom is 0.280 e. The van der Waals surface area contributed by atoms with Gasteiger partial charge in [-0.1, -0.05) is 0 Å². The Bertz CT molecular complexity index is 965. The highest BCUT2D eigenvalue weighted by Gasteiger charge is 2.15. The Hall–Kier alpha value is -3.22. The number of ketones is 1. The molecule has 0 fully saturated rings. The van der Waals surface area contributed by atoms with Gasteiger partial charge in [0.15, 0.2) is 5.78 Å². The van der Waals surface area contributed by atoms with Gasteiger partial charge >= 0.3 is 0 Å². The molecule has 0 saturated carbocycles. The second-order valence-corrected chi connectivity index (χ2v) is 5.04. The lowest BCUT2D eigenvalue weighted by molar-refractivity contribution is 0.0969. The highest BCUT2D eigenvalue weighted by molar-refractivity contribution is 5.98. The highest BCUT2D eigenvalue weighted by atomic mass is 16.5. The number of Topliss-reactive ketones (excluding diaryl/α,β-unsaturated/α-hetero) is 1. The van der Waals surface area contributed by atoms with Crippen molar-refractivity contribution in [2.45, 2.75) is 6.54 Å². The Kier molecular flexibility index (Phi) is 4.24. The van der Waals surface area contributed by atoms with Crippen LogP contribution < -0.4 is 15.0 Å². The number of nitrogens with zero attached hydrogens (tertiary/aromatic N) is 3. The number of carbonyl (C=O) groups excluding carboxylic acids is 1. The van der Waals surface area contributed by atoms with Crippen LogP contribution in [0.3, 0.4) is 0 Å². The van der Waals surface area contributed by atoms with Crippen molar-refractivity contribution in [3.05, 3.63) is 58.8 Å². The molecule has 0 bridgehead atoms. The maximum absolute atomic E-state index is 12.6. The van der Waals surface area contributed by atoms with Gasteiger partial charge in [0.2, 0.25) is 5.88 Å². The van der Waals surface area contributed by atoms with E-state index in [1.54, 1.807) is 41.1 Å². The summed E-state index contributed by atoms with van der Waals surface area (Å²) < 4.78 is 11.9. The van der Waals surface area contributed by atoms with Crippen LogP contribution in [-0.4, -0.2) is 34.5 Å². The van der Waals surface area contributed by atoms with Crippen molar-refractivity contribution in [2.24, 2.45) is 0 Å². The Morgan fingerprint density at radius 1 is 1.17 bits per heavy atom. The minimum atomic E-state index is -0.369. The Balaban J connectivity index is 2.03. The van der Waals surface area contributed by atoms with Crippen LogP contribution in [0, 0.1) is 0 Å². The number of pyridine rings is 1. The Morgan fingerprint density at radius 3 is 2.75 bits per heavy atom. The van der Waals surface area contributed by atoms with E-state index in [1.165, 1.54) is 20.5 Å². The number of fused-ring (bicyclic) bond motifs is 1. The number of benzene rings is 1. The number of ether oxygens (including phenoxy) is 2. The van der Waals surface area contributed by atoms with E-state index in [9.17, 15) is 9.59 Å². The van der Waals surface area contributed by atoms with Gasteiger partial charge in [0.05, 0.1) is 43.6 Å². The summed E-state index contributed by atoms with van der Waals surface area (Å²) in [5.74, 6) is 0.629. The van der Waals surface area contributed by atoms with Gasteiger partial charge in [0.1, 0.15) is 5.75 Å². The largest absolute Gasteiger partial charge is 0.497 e. The zero-order chi connectivity index (χ0) is 17.1. The third-order valence-corrected chi connectivity index (χ3v) is 3.64. The van der Waals surface area contributed by atoms with Crippen LogP contribution >= 0.6 is 0 Å². The van der Waals surface area contributed by atoms with E-state index < -0.39 is 0 Å². The third-order valence-electron chi connectivity index (χ3n) is 3.64. The van der Waals surface area contributed by atoms with E-state index in [-0.39, 0.29) is 23.8 Å². The summed E-state index contributed by atoms with van der Waals surface area (Å²) in [5, 5.41) is 0.391. The molecule has 0 N–H and O–H groups in total. The van der Waals surface area contributed by atoms with Crippen LogP contribution in [0.25, 0.3) is 10.9 Å². The van der Waals surface area contributed by atoms with Crippen molar-refractivity contribution in [3.63, 3.8) is 0 Å². The molecule has 7 nitrogen and oxygen atoms in total. The van der Waals surface area contributed by atoms with Crippen molar-refractivity contribution in [2.75, 3.05) is 14.2 Å². The Morgan fingerprint density at radius 2 is 2.00 bits per heavy atom. The lowest BCUT2D eigenvalue weighted by Crippen LogP contribution is -2.17. The van der Waals surface area contributed by atoms with Gasteiger partial charge in [0, 0.05) is 6.20 Å². The van der Waals surface area contributed by atoms with E-state index in [0.29, 0.717) is 22.2 Å². The topological polar surface area (TPSA) is 83.3 Å². The molecule has 0 spiro atoms. The van der Waals surface area contributed by atoms with Gasteiger partial charge in [-0.15, -0.1) is 0 Å². The molecule has 1 aromatic carbocycles. The van der Waals surface area contributed by atoms with Crippen molar-refractivity contribution in [1.29, 1.82) is 0 Å². The van der Waals surface area contributed by atoms with Gasteiger partial charge in [-0.05, 0) is 30.3 Å². The van der Waals surface area contributed by atoms with Gasteiger partial charge in [-0.2, -0.15) is 4.98 Å². The van der Waals surface area contributed by atoms with E-state index in [4.69, 9.17) is 9.47 Å². The number of hydrogen-bond donors (Lipinski definition) is 0. The second-order valence-electron chi connectivity index (χ2n) is 5.04. The molecular weight excluding hydrogens is 310 g/mol. The molecule has 0 atom stereocenters.